The fourth-order valence-electron chi connectivity index (χ4n) is 3.08. The normalized spacial score (nSPS) is 17.0. The number of benzene rings is 1. The number of rotatable bonds is 4. The van der Waals surface area contributed by atoms with E-state index in [0.717, 1.165) is 12.8 Å². The summed E-state index contributed by atoms with van der Waals surface area (Å²) in [4.78, 5) is 29.1. The molecule has 1 saturated heterocycles. The maximum Gasteiger partial charge on any atom is 0.273 e. The molecular weight excluding hydrogens is 358 g/mol. The Hall–Kier alpha value is -2.67. The summed E-state index contributed by atoms with van der Waals surface area (Å²) in [6, 6.07) is 6.25. The highest BCUT2D eigenvalue weighted by atomic mass is 35.5. The Balaban J connectivity index is 1.75. The fraction of sp³-hybridized carbons (Fsp3) is 0.333. The number of aromatic nitrogens is 1. The van der Waals surface area contributed by atoms with Crippen molar-refractivity contribution in [1.29, 1.82) is 0 Å². The third-order valence-corrected chi connectivity index (χ3v) is 4.71. The highest BCUT2D eigenvalue weighted by Crippen LogP contribution is 2.27. The van der Waals surface area contributed by atoms with Gasteiger partial charge in [-0.3, -0.25) is 19.9 Å². The van der Waals surface area contributed by atoms with Gasteiger partial charge in [0.05, 0.1) is 11.5 Å². The van der Waals surface area contributed by atoms with Gasteiger partial charge in [0, 0.05) is 42.2 Å². The number of amides is 1. The van der Waals surface area contributed by atoms with E-state index in [4.69, 9.17) is 16.3 Å². The number of carbonyl (C=O) groups is 1. The number of halogens is 1. The number of carbonyl (C=O) groups excluding carboxylic acids is 1. The summed E-state index contributed by atoms with van der Waals surface area (Å²) in [6.07, 6.45) is 4.50. The first-order valence-corrected chi connectivity index (χ1v) is 8.64. The molecule has 0 spiro atoms. The molecule has 2 aromatic rings. The van der Waals surface area contributed by atoms with Crippen molar-refractivity contribution >= 4 is 23.2 Å². The maximum absolute atomic E-state index is 12.9. The fourth-order valence-corrected chi connectivity index (χ4v) is 3.24. The number of nitro benzene ring substituents is 1. The number of hydrogen-bond donors (Lipinski definition) is 0. The first kappa shape index (κ1) is 18.1. The van der Waals surface area contributed by atoms with E-state index in [0.29, 0.717) is 35.0 Å². The Bertz CT molecular complexity index is 843. The van der Waals surface area contributed by atoms with Crippen LogP contribution in [-0.2, 0) is 0 Å². The Kier molecular flexibility index (Phi) is 5.37. The van der Waals surface area contributed by atoms with Crippen LogP contribution in [0.2, 0.25) is 5.02 Å². The summed E-state index contributed by atoms with van der Waals surface area (Å²) >= 11 is 6.07. The van der Waals surface area contributed by atoms with Crippen LogP contribution in [-0.4, -0.2) is 39.9 Å². The molecule has 0 radical (unpaired) electrons. The highest BCUT2D eigenvalue weighted by molar-refractivity contribution is 6.31. The third kappa shape index (κ3) is 3.77. The van der Waals surface area contributed by atoms with Crippen LogP contribution in [0.15, 0.2) is 36.7 Å². The van der Waals surface area contributed by atoms with Gasteiger partial charge in [-0.15, -0.1) is 0 Å². The summed E-state index contributed by atoms with van der Waals surface area (Å²) in [7, 11) is 0. The molecule has 8 heteroatoms. The number of nitrogens with zero attached hydrogens (tertiary/aromatic N) is 3. The number of nitro groups is 1. The van der Waals surface area contributed by atoms with Crippen molar-refractivity contribution in [3.05, 3.63) is 62.9 Å². The van der Waals surface area contributed by atoms with E-state index < -0.39 is 4.92 Å². The van der Waals surface area contributed by atoms with Gasteiger partial charge in [0.25, 0.3) is 11.6 Å². The Morgan fingerprint density at radius 2 is 2.23 bits per heavy atom. The van der Waals surface area contributed by atoms with Crippen molar-refractivity contribution < 1.29 is 14.5 Å². The molecule has 0 N–H and O–H groups in total. The summed E-state index contributed by atoms with van der Waals surface area (Å²) in [5.41, 5.74) is 0.675. The number of pyridine rings is 1. The minimum atomic E-state index is -0.473. The molecule has 1 unspecified atom stereocenters. The van der Waals surface area contributed by atoms with E-state index in [1.165, 1.54) is 18.3 Å². The molecule has 2 heterocycles. The van der Waals surface area contributed by atoms with E-state index in [1.807, 2.05) is 0 Å². The molecule has 136 valence electrons. The maximum atomic E-state index is 12.9. The van der Waals surface area contributed by atoms with Crippen LogP contribution in [0.5, 0.6) is 5.75 Å². The summed E-state index contributed by atoms with van der Waals surface area (Å²) in [6.45, 7) is 2.59. The second kappa shape index (κ2) is 7.70. The zero-order valence-corrected chi connectivity index (χ0v) is 15.0. The molecule has 7 nitrogen and oxygen atoms in total. The van der Waals surface area contributed by atoms with Crippen LogP contribution in [0.4, 0.5) is 5.69 Å². The second-order valence-corrected chi connectivity index (χ2v) is 6.55. The van der Waals surface area contributed by atoms with E-state index in [1.54, 1.807) is 30.2 Å². The van der Waals surface area contributed by atoms with Crippen molar-refractivity contribution in [1.82, 2.24) is 9.88 Å². The van der Waals surface area contributed by atoms with Gasteiger partial charge in [0.2, 0.25) is 0 Å². The lowest BCUT2D eigenvalue weighted by atomic mass is 10.0. The number of piperidine rings is 1. The molecule has 1 aliphatic heterocycles. The lowest BCUT2D eigenvalue weighted by Crippen LogP contribution is -2.44. The van der Waals surface area contributed by atoms with Crippen LogP contribution in [0.1, 0.15) is 28.8 Å². The van der Waals surface area contributed by atoms with Gasteiger partial charge in [-0.2, -0.15) is 0 Å². The monoisotopic (exact) mass is 375 g/mol. The SMILES string of the molecule is Cc1c(C(=O)N2CCCC(Oc3ccncc3Cl)C2)cccc1[N+](=O)[O-]. The van der Waals surface area contributed by atoms with Crippen LogP contribution in [0.25, 0.3) is 0 Å². The lowest BCUT2D eigenvalue weighted by Gasteiger charge is -2.33. The molecule has 1 aromatic heterocycles. The number of ether oxygens (including phenoxy) is 1. The largest absolute Gasteiger partial charge is 0.487 e. The Morgan fingerprint density at radius 3 is 2.96 bits per heavy atom. The average Bonchev–Trinajstić information content (AvgIpc) is 2.63. The molecule has 1 amide bonds. The van der Waals surface area contributed by atoms with Crippen molar-refractivity contribution in [2.24, 2.45) is 0 Å². The van der Waals surface area contributed by atoms with E-state index in [9.17, 15) is 14.9 Å². The van der Waals surface area contributed by atoms with Gasteiger partial charge in [-0.1, -0.05) is 17.7 Å². The quantitative estimate of drug-likeness (QED) is 0.601. The molecule has 0 bridgehead atoms. The topological polar surface area (TPSA) is 85.6 Å². The number of hydrogen-bond acceptors (Lipinski definition) is 5. The smallest absolute Gasteiger partial charge is 0.273 e. The van der Waals surface area contributed by atoms with Crippen molar-refractivity contribution in [2.45, 2.75) is 25.9 Å². The summed E-state index contributed by atoms with van der Waals surface area (Å²) in [5.74, 6) is 0.313. The zero-order valence-electron chi connectivity index (χ0n) is 14.2. The van der Waals surface area contributed by atoms with Crippen LogP contribution < -0.4 is 4.74 Å². The van der Waals surface area contributed by atoms with E-state index in [-0.39, 0.29) is 17.7 Å². The van der Waals surface area contributed by atoms with Crippen molar-refractivity contribution in [3.8, 4) is 5.75 Å². The van der Waals surface area contributed by atoms with Gasteiger partial charge in [-0.25, -0.2) is 0 Å². The van der Waals surface area contributed by atoms with Crippen LogP contribution >= 0.6 is 11.6 Å². The minimum absolute atomic E-state index is 0.0516. The molecule has 1 atom stereocenters. The molecular formula is C18H18ClN3O4. The van der Waals surface area contributed by atoms with Gasteiger partial charge >= 0.3 is 0 Å². The van der Waals surface area contributed by atoms with Crippen LogP contribution in [0, 0.1) is 17.0 Å². The van der Waals surface area contributed by atoms with Gasteiger partial charge in [0.15, 0.2) is 0 Å². The lowest BCUT2D eigenvalue weighted by molar-refractivity contribution is -0.385. The first-order valence-electron chi connectivity index (χ1n) is 8.27. The van der Waals surface area contributed by atoms with E-state index >= 15 is 0 Å². The molecule has 26 heavy (non-hydrogen) atoms. The second-order valence-electron chi connectivity index (χ2n) is 6.15. The van der Waals surface area contributed by atoms with E-state index in [2.05, 4.69) is 4.98 Å². The molecule has 1 aromatic carbocycles. The van der Waals surface area contributed by atoms with Gasteiger partial charge < -0.3 is 9.64 Å². The third-order valence-electron chi connectivity index (χ3n) is 4.43. The standard InChI is InChI=1S/C18H18ClN3O4/c1-12-14(5-2-6-16(12)22(24)25)18(23)21-9-3-4-13(11-21)26-17-7-8-20-10-15(17)19/h2,5-8,10,13H,3-4,9,11H2,1H3. The Morgan fingerprint density at radius 1 is 1.42 bits per heavy atom. The zero-order chi connectivity index (χ0) is 18.7. The summed E-state index contributed by atoms with van der Waals surface area (Å²) < 4.78 is 5.92. The van der Waals surface area contributed by atoms with Crippen LogP contribution in [0.3, 0.4) is 0 Å². The molecule has 3 rings (SSSR count). The first-order chi connectivity index (χ1) is 12.5. The number of likely N-dealkylation sites (tertiary alicyclic amines) is 1. The van der Waals surface area contributed by atoms with Gasteiger partial charge in [0.1, 0.15) is 16.9 Å². The predicted octanol–water partition coefficient (Wildman–Crippen LogP) is 3.64. The summed E-state index contributed by atoms with van der Waals surface area (Å²) in [5, 5.41) is 11.5. The average molecular weight is 376 g/mol. The highest BCUT2D eigenvalue weighted by Gasteiger charge is 2.28. The molecule has 1 aliphatic rings. The predicted molar refractivity (Wildman–Crippen MR) is 96.6 cm³/mol. The van der Waals surface area contributed by atoms with Crippen molar-refractivity contribution in [2.75, 3.05) is 13.1 Å². The van der Waals surface area contributed by atoms with Gasteiger partial charge in [-0.05, 0) is 25.8 Å². The Labute approximate surface area is 155 Å². The molecule has 0 saturated carbocycles. The molecule has 1 fully saturated rings. The molecule has 0 aliphatic carbocycles. The van der Waals surface area contributed by atoms with Crippen molar-refractivity contribution in [3.63, 3.8) is 0 Å². The minimum Gasteiger partial charge on any atom is -0.487 e.